The minimum absolute atomic E-state index is 0.157. The Balaban J connectivity index is 2.01. The van der Waals surface area contributed by atoms with E-state index in [4.69, 9.17) is 11.6 Å². The molecule has 3 nitrogen and oxygen atoms in total. The minimum Gasteiger partial charge on any atom is -0.360 e. The number of halogens is 1. The average Bonchev–Trinajstić information content (AvgIpc) is 2.42. The van der Waals surface area contributed by atoms with Crippen LogP contribution in [0.15, 0.2) is 60.9 Å². The first kappa shape index (κ1) is 12.3. The molecule has 18 heavy (non-hydrogen) atoms. The third kappa shape index (κ3) is 3.18. The summed E-state index contributed by atoms with van der Waals surface area (Å²) in [5, 5.41) is 3.56. The first-order valence-electron chi connectivity index (χ1n) is 5.40. The summed E-state index contributed by atoms with van der Waals surface area (Å²) in [7, 11) is 0. The van der Waals surface area contributed by atoms with Crippen molar-refractivity contribution >= 4 is 23.1 Å². The fourth-order valence-electron chi connectivity index (χ4n) is 1.38. The molecule has 0 saturated heterocycles. The number of carbonyl (C=O) groups is 1. The van der Waals surface area contributed by atoms with Gasteiger partial charge in [-0.3, -0.25) is 9.78 Å². The minimum atomic E-state index is -0.157. The number of pyridine rings is 1. The Morgan fingerprint density at radius 3 is 2.67 bits per heavy atom. The highest BCUT2D eigenvalue weighted by Crippen LogP contribution is 2.20. The van der Waals surface area contributed by atoms with E-state index < -0.39 is 0 Å². The molecule has 0 amide bonds. The molecule has 4 heteroatoms. The smallest absolute Gasteiger partial charge is 0.205 e. The molecule has 0 unspecified atom stereocenters. The van der Waals surface area contributed by atoms with Gasteiger partial charge in [-0.15, -0.1) is 0 Å². The van der Waals surface area contributed by atoms with Crippen LogP contribution < -0.4 is 5.32 Å². The lowest BCUT2D eigenvalue weighted by molar-refractivity contribution is 0.104. The van der Waals surface area contributed by atoms with E-state index in [-0.39, 0.29) is 5.78 Å². The van der Waals surface area contributed by atoms with E-state index in [1.54, 1.807) is 36.7 Å². The van der Waals surface area contributed by atoms with E-state index in [0.29, 0.717) is 10.7 Å². The van der Waals surface area contributed by atoms with Gasteiger partial charge >= 0.3 is 0 Å². The molecule has 0 saturated carbocycles. The molecular formula is C14H11ClN2O. The number of ketones is 1. The van der Waals surface area contributed by atoms with Crippen molar-refractivity contribution in [2.24, 2.45) is 0 Å². The number of nitrogens with one attached hydrogen (secondary N) is 1. The molecule has 0 aliphatic heterocycles. The van der Waals surface area contributed by atoms with Crippen LogP contribution in [0.5, 0.6) is 0 Å². The fraction of sp³-hybridized carbons (Fsp3) is 0. The predicted molar refractivity (Wildman–Crippen MR) is 72.8 cm³/mol. The maximum Gasteiger partial charge on any atom is 0.205 e. The van der Waals surface area contributed by atoms with Crippen molar-refractivity contribution < 1.29 is 4.79 Å². The van der Waals surface area contributed by atoms with E-state index in [9.17, 15) is 4.79 Å². The van der Waals surface area contributed by atoms with Gasteiger partial charge in [-0.2, -0.15) is 0 Å². The summed E-state index contributed by atoms with van der Waals surface area (Å²) in [6.45, 7) is 0. The van der Waals surface area contributed by atoms with Gasteiger partial charge in [0.05, 0.1) is 10.7 Å². The van der Waals surface area contributed by atoms with Gasteiger partial charge in [-0.1, -0.05) is 29.8 Å². The molecule has 0 spiro atoms. The van der Waals surface area contributed by atoms with Gasteiger partial charge in [0.15, 0.2) is 0 Å². The van der Waals surface area contributed by atoms with Crippen molar-refractivity contribution in [2.45, 2.75) is 0 Å². The van der Waals surface area contributed by atoms with Gasteiger partial charge in [0, 0.05) is 18.5 Å². The number of anilines is 1. The second-order valence-corrected chi connectivity index (χ2v) is 3.94. The lowest BCUT2D eigenvalue weighted by Crippen LogP contribution is -1.98. The summed E-state index contributed by atoms with van der Waals surface area (Å²) in [5.41, 5.74) is 1.17. The van der Waals surface area contributed by atoms with Gasteiger partial charge in [-0.25, -0.2) is 0 Å². The topological polar surface area (TPSA) is 42.0 Å². The molecule has 1 N–H and O–H groups in total. The summed E-state index contributed by atoms with van der Waals surface area (Å²) in [4.78, 5) is 15.7. The second kappa shape index (κ2) is 5.98. The number of allylic oxidation sites excluding steroid dienone is 1. The van der Waals surface area contributed by atoms with Crippen LogP contribution in [-0.2, 0) is 0 Å². The summed E-state index contributed by atoms with van der Waals surface area (Å²) in [6, 6.07) is 12.5. The Labute approximate surface area is 110 Å². The van der Waals surface area contributed by atoms with Crippen LogP contribution in [0.3, 0.4) is 0 Å². The van der Waals surface area contributed by atoms with Gasteiger partial charge in [0.2, 0.25) is 5.78 Å². The number of carbonyl (C=O) groups excluding carboxylic acids is 1. The first-order chi connectivity index (χ1) is 8.77. The van der Waals surface area contributed by atoms with E-state index >= 15 is 0 Å². The molecular weight excluding hydrogens is 248 g/mol. The molecule has 0 aliphatic carbocycles. The molecule has 90 valence electrons. The fourth-order valence-corrected chi connectivity index (χ4v) is 1.57. The summed E-state index contributed by atoms with van der Waals surface area (Å²) in [5.74, 6) is -0.157. The number of rotatable bonds is 4. The van der Waals surface area contributed by atoms with Crippen LogP contribution in [0.4, 0.5) is 5.69 Å². The number of aromatic nitrogens is 1. The van der Waals surface area contributed by atoms with Crippen molar-refractivity contribution in [3.63, 3.8) is 0 Å². The Morgan fingerprint density at radius 2 is 1.94 bits per heavy atom. The highest BCUT2D eigenvalue weighted by molar-refractivity contribution is 6.33. The molecule has 1 aromatic heterocycles. The van der Waals surface area contributed by atoms with Crippen LogP contribution >= 0.6 is 11.6 Å². The third-order valence-corrected chi connectivity index (χ3v) is 2.59. The van der Waals surface area contributed by atoms with Gasteiger partial charge in [0.25, 0.3) is 0 Å². The van der Waals surface area contributed by atoms with Crippen LogP contribution in [0, 0.1) is 0 Å². The zero-order chi connectivity index (χ0) is 12.8. The molecule has 2 rings (SSSR count). The summed E-state index contributed by atoms with van der Waals surface area (Å²) in [6.07, 6.45) is 4.56. The number of benzene rings is 1. The zero-order valence-electron chi connectivity index (χ0n) is 9.51. The van der Waals surface area contributed by atoms with Crippen molar-refractivity contribution in [3.8, 4) is 0 Å². The van der Waals surface area contributed by atoms with E-state index in [1.807, 2.05) is 18.2 Å². The normalized spacial score (nSPS) is 10.5. The molecule has 0 bridgehead atoms. The van der Waals surface area contributed by atoms with Crippen LogP contribution in [0.2, 0.25) is 5.02 Å². The molecule has 0 aliphatic rings. The lowest BCUT2D eigenvalue weighted by Gasteiger charge is -2.02. The molecule has 1 aromatic carbocycles. The molecule has 2 aromatic rings. The van der Waals surface area contributed by atoms with Crippen molar-refractivity contribution in [2.75, 3.05) is 5.32 Å². The van der Waals surface area contributed by atoms with Gasteiger partial charge < -0.3 is 5.32 Å². The Bertz CT molecular complexity index is 567. The van der Waals surface area contributed by atoms with Crippen LogP contribution in [-0.4, -0.2) is 10.8 Å². The number of para-hydroxylation sites is 1. The maximum absolute atomic E-state index is 11.7. The van der Waals surface area contributed by atoms with E-state index in [2.05, 4.69) is 10.3 Å². The molecule has 1 heterocycles. The number of hydrogen-bond acceptors (Lipinski definition) is 3. The molecule has 0 atom stereocenters. The van der Waals surface area contributed by atoms with Crippen molar-refractivity contribution in [1.82, 2.24) is 4.98 Å². The van der Waals surface area contributed by atoms with Gasteiger partial charge in [-0.05, 0) is 24.3 Å². The highest BCUT2D eigenvalue weighted by atomic mass is 35.5. The predicted octanol–water partition coefficient (Wildman–Crippen LogP) is 3.54. The number of nitrogens with zero attached hydrogens (tertiary/aromatic N) is 1. The zero-order valence-corrected chi connectivity index (χ0v) is 10.3. The second-order valence-electron chi connectivity index (χ2n) is 3.54. The summed E-state index contributed by atoms with van der Waals surface area (Å²) < 4.78 is 0. The Hall–Kier alpha value is -2.13. The van der Waals surface area contributed by atoms with Crippen molar-refractivity contribution in [1.29, 1.82) is 0 Å². The van der Waals surface area contributed by atoms with Crippen LogP contribution in [0.1, 0.15) is 10.5 Å². The quantitative estimate of drug-likeness (QED) is 0.674. The molecule has 0 fully saturated rings. The van der Waals surface area contributed by atoms with Crippen molar-refractivity contribution in [3.05, 3.63) is 71.7 Å². The Kier molecular flexibility index (Phi) is 4.10. The third-order valence-electron chi connectivity index (χ3n) is 2.26. The first-order valence-corrected chi connectivity index (χ1v) is 5.78. The average molecular weight is 259 g/mol. The maximum atomic E-state index is 11.7. The highest BCUT2D eigenvalue weighted by Gasteiger charge is 2.01. The largest absolute Gasteiger partial charge is 0.360 e. The van der Waals surface area contributed by atoms with Gasteiger partial charge in [0.1, 0.15) is 5.69 Å². The molecule has 0 radical (unpaired) electrons. The SMILES string of the molecule is O=C(/C=C/Nc1ccccc1Cl)c1ccccn1. The van der Waals surface area contributed by atoms with E-state index in [1.165, 1.54) is 6.08 Å². The van der Waals surface area contributed by atoms with E-state index in [0.717, 1.165) is 5.69 Å². The van der Waals surface area contributed by atoms with Crippen LogP contribution in [0.25, 0.3) is 0 Å². The number of hydrogen-bond donors (Lipinski definition) is 1. The lowest BCUT2D eigenvalue weighted by atomic mass is 10.2. The standard InChI is InChI=1S/C14H11ClN2O/c15-11-5-1-2-6-12(11)17-10-8-14(18)13-7-3-4-9-16-13/h1-10,17H/b10-8+. The summed E-state index contributed by atoms with van der Waals surface area (Å²) >= 11 is 5.96. The monoisotopic (exact) mass is 258 g/mol. The Morgan fingerprint density at radius 1 is 1.17 bits per heavy atom.